The Morgan fingerprint density at radius 3 is 2.48 bits per heavy atom. The van der Waals surface area contributed by atoms with Gasteiger partial charge in [0, 0.05) is 45.6 Å². The first kappa shape index (κ1) is 14.5. The minimum absolute atomic E-state index is 0.172. The van der Waals surface area contributed by atoms with Gasteiger partial charge in [0.25, 0.3) is 0 Å². The predicted molar refractivity (Wildman–Crippen MR) is 74.2 cm³/mol. The minimum Gasteiger partial charge on any atom is -0.381 e. The number of hydrogen-bond acceptors (Lipinski definition) is 4. The Bertz CT molecular complexity index is 431. The molecule has 3 amide bonds. The van der Waals surface area contributed by atoms with Gasteiger partial charge in [0.15, 0.2) is 0 Å². The van der Waals surface area contributed by atoms with Gasteiger partial charge in [-0.1, -0.05) is 0 Å². The van der Waals surface area contributed by atoms with Crippen LogP contribution in [0.15, 0.2) is 0 Å². The SMILES string of the molecule is O=C1CC2(CCN(C(=O)CC3CCOC3)CC2)CC(=O)N1. The number of nitrogens with one attached hydrogen (secondary N) is 1. The molecule has 0 aromatic heterocycles. The fraction of sp³-hybridized carbons (Fsp3) is 0.800. The van der Waals surface area contributed by atoms with Gasteiger partial charge < -0.3 is 9.64 Å². The van der Waals surface area contributed by atoms with Gasteiger partial charge in [0.05, 0.1) is 0 Å². The van der Waals surface area contributed by atoms with E-state index in [2.05, 4.69) is 5.32 Å². The van der Waals surface area contributed by atoms with E-state index in [4.69, 9.17) is 4.74 Å². The van der Waals surface area contributed by atoms with Crippen molar-refractivity contribution in [2.45, 2.75) is 38.5 Å². The van der Waals surface area contributed by atoms with Crippen LogP contribution in [0, 0.1) is 11.3 Å². The third-order valence-electron chi connectivity index (χ3n) is 5.01. The molecule has 3 aliphatic heterocycles. The van der Waals surface area contributed by atoms with Crippen LogP contribution >= 0.6 is 0 Å². The van der Waals surface area contributed by atoms with E-state index in [-0.39, 0.29) is 23.1 Å². The third-order valence-corrected chi connectivity index (χ3v) is 5.01. The second kappa shape index (κ2) is 5.75. The second-order valence-electron chi connectivity index (χ2n) is 6.64. The lowest BCUT2D eigenvalue weighted by molar-refractivity contribution is -0.141. The number of imide groups is 1. The highest BCUT2D eigenvalue weighted by Crippen LogP contribution is 2.40. The number of hydrogen-bond donors (Lipinski definition) is 1. The normalized spacial score (nSPS) is 28.8. The molecule has 0 aromatic rings. The molecule has 0 saturated carbocycles. The number of carbonyl (C=O) groups excluding carboxylic acids is 3. The fourth-order valence-electron chi connectivity index (χ4n) is 3.69. The average molecular weight is 294 g/mol. The molecule has 0 bridgehead atoms. The summed E-state index contributed by atoms with van der Waals surface area (Å²) in [5, 5.41) is 2.36. The minimum atomic E-state index is -0.216. The van der Waals surface area contributed by atoms with E-state index >= 15 is 0 Å². The number of amides is 3. The molecule has 3 saturated heterocycles. The van der Waals surface area contributed by atoms with E-state index < -0.39 is 0 Å². The monoisotopic (exact) mass is 294 g/mol. The largest absolute Gasteiger partial charge is 0.381 e. The van der Waals surface area contributed by atoms with E-state index in [1.54, 1.807) is 0 Å². The molecule has 3 fully saturated rings. The van der Waals surface area contributed by atoms with Crippen molar-refractivity contribution in [3.8, 4) is 0 Å². The number of ether oxygens (including phenoxy) is 1. The highest BCUT2D eigenvalue weighted by atomic mass is 16.5. The molecule has 116 valence electrons. The molecule has 3 heterocycles. The van der Waals surface area contributed by atoms with Crippen LogP contribution in [0.5, 0.6) is 0 Å². The van der Waals surface area contributed by atoms with Crippen molar-refractivity contribution in [2.24, 2.45) is 11.3 Å². The Labute approximate surface area is 124 Å². The Morgan fingerprint density at radius 1 is 1.24 bits per heavy atom. The lowest BCUT2D eigenvalue weighted by atomic mass is 9.71. The quantitative estimate of drug-likeness (QED) is 0.751. The van der Waals surface area contributed by atoms with Gasteiger partial charge in [-0.15, -0.1) is 0 Å². The van der Waals surface area contributed by atoms with Crippen LogP contribution in [0.4, 0.5) is 0 Å². The molecule has 3 rings (SSSR count). The van der Waals surface area contributed by atoms with E-state index in [9.17, 15) is 14.4 Å². The number of carbonyl (C=O) groups is 3. The molecule has 6 heteroatoms. The average Bonchev–Trinajstić information content (AvgIpc) is 2.90. The van der Waals surface area contributed by atoms with E-state index in [0.717, 1.165) is 25.9 Å². The highest BCUT2D eigenvalue weighted by Gasteiger charge is 2.42. The lowest BCUT2D eigenvalue weighted by Crippen LogP contribution is -2.51. The Morgan fingerprint density at radius 2 is 1.90 bits per heavy atom. The Kier molecular flexibility index (Phi) is 3.97. The van der Waals surface area contributed by atoms with Gasteiger partial charge in [0.1, 0.15) is 0 Å². The summed E-state index contributed by atoms with van der Waals surface area (Å²) < 4.78 is 5.31. The Hall–Kier alpha value is -1.43. The summed E-state index contributed by atoms with van der Waals surface area (Å²) in [4.78, 5) is 37.3. The van der Waals surface area contributed by atoms with Gasteiger partial charge in [-0.25, -0.2) is 0 Å². The maximum atomic E-state index is 12.3. The topological polar surface area (TPSA) is 75.7 Å². The van der Waals surface area contributed by atoms with Gasteiger partial charge >= 0.3 is 0 Å². The summed E-state index contributed by atoms with van der Waals surface area (Å²) in [6.07, 6.45) is 3.86. The van der Waals surface area contributed by atoms with E-state index in [0.29, 0.717) is 44.9 Å². The van der Waals surface area contributed by atoms with Crippen molar-refractivity contribution < 1.29 is 19.1 Å². The second-order valence-corrected chi connectivity index (χ2v) is 6.64. The van der Waals surface area contributed by atoms with Crippen molar-refractivity contribution in [2.75, 3.05) is 26.3 Å². The van der Waals surface area contributed by atoms with Crippen LogP contribution in [0.3, 0.4) is 0 Å². The molecule has 3 aliphatic rings. The fourth-order valence-corrected chi connectivity index (χ4v) is 3.69. The first-order valence-corrected chi connectivity index (χ1v) is 7.75. The summed E-state index contributed by atoms with van der Waals surface area (Å²) >= 11 is 0. The molecule has 0 aromatic carbocycles. The van der Waals surface area contributed by atoms with Crippen LogP contribution in [0.1, 0.15) is 38.5 Å². The van der Waals surface area contributed by atoms with E-state index in [1.165, 1.54) is 0 Å². The molecule has 1 atom stereocenters. The van der Waals surface area contributed by atoms with Crippen molar-refractivity contribution in [1.82, 2.24) is 10.2 Å². The predicted octanol–water partition coefficient (Wildman–Crippen LogP) is 0.458. The lowest BCUT2D eigenvalue weighted by Gasteiger charge is -2.43. The molecule has 1 N–H and O–H groups in total. The summed E-state index contributed by atoms with van der Waals surface area (Å²) in [7, 11) is 0. The zero-order valence-corrected chi connectivity index (χ0v) is 12.2. The van der Waals surface area contributed by atoms with Crippen LogP contribution in [-0.4, -0.2) is 48.9 Å². The molecule has 6 nitrogen and oxygen atoms in total. The van der Waals surface area contributed by atoms with Crippen molar-refractivity contribution in [3.63, 3.8) is 0 Å². The Balaban J connectivity index is 1.53. The molecule has 1 spiro atoms. The highest BCUT2D eigenvalue weighted by molar-refractivity contribution is 5.98. The zero-order valence-electron chi connectivity index (χ0n) is 12.2. The van der Waals surface area contributed by atoms with E-state index in [1.807, 2.05) is 4.90 Å². The molecular weight excluding hydrogens is 272 g/mol. The first-order valence-electron chi connectivity index (χ1n) is 7.75. The number of piperidine rings is 2. The molecule has 21 heavy (non-hydrogen) atoms. The number of rotatable bonds is 2. The summed E-state index contributed by atoms with van der Waals surface area (Å²) in [6, 6.07) is 0. The van der Waals surface area contributed by atoms with Crippen LogP contribution in [0.25, 0.3) is 0 Å². The first-order chi connectivity index (χ1) is 10.1. The van der Waals surface area contributed by atoms with Crippen molar-refractivity contribution >= 4 is 17.7 Å². The summed E-state index contributed by atoms with van der Waals surface area (Å²) in [5.41, 5.74) is -0.216. The van der Waals surface area contributed by atoms with Gasteiger partial charge in [0.2, 0.25) is 17.7 Å². The van der Waals surface area contributed by atoms with Gasteiger partial charge in [-0.2, -0.15) is 0 Å². The molecule has 0 aliphatic carbocycles. The molecule has 0 radical (unpaired) electrons. The summed E-state index contributed by atoms with van der Waals surface area (Å²) in [6.45, 7) is 2.77. The van der Waals surface area contributed by atoms with Crippen LogP contribution in [-0.2, 0) is 19.1 Å². The molecular formula is C15H22N2O4. The van der Waals surface area contributed by atoms with Crippen molar-refractivity contribution in [1.29, 1.82) is 0 Å². The zero-order chi connectivity index (χ0) is 14.9. The third kappa shape index (κ3) is 3.26. The van der Waals surface area contributed by atoms with Gasteiger partial charge in [-0.05, 0) is 30.6 Å². The van der Waals surface area contributed by atoms with Crippen molar-refractivity contribution in [3.05, 3.63) is 0 Å². The maximum Gasteiger partial charge on any atom is 0.227 e. The number of likely N-dealkylation sites (tertiary alicyclic amines) is 1. The smallest absolute Gasteiger partial charge is 0.227 e. The molecule has 1 unspecified atom stereocenters. The standard InChI is InChI=1S/C15H22N2O4/c18-12-8-15(9-13(19)16-12)2-4-17(5-3-15)14(20)7-11-1-6-21-10-11/h11H,1-10H2,(H,16,18,19). The van der Waals surface area contributed by atoms with Gasteiger partial charge in [-0.3, -0.25) is 19.7 Å². The maximum absolute atomic E-state index is 12.3. The summed E-state index contributed by atoms with van der Waals surface area (Å²) in [5.74, 6) is 0.200. The number of nitrogens with zero attached hydrogens (tertiary/aromatic N) is 1. The van der Waals surface area contributed by atoms with Crippen LogP contribution in [0.2, 0.25) is 0 Å². The van der Waals surface area contributed by atoms with Crippen LogP contribution < -0.4 is 5.32 Å².